The number of halogens is 3. The summed E-state index contributed by atoms with van der Waals surface area (Å²) in [6, 6.07) is 2.72. The number of rotatable bonds is 4. The maximum Gasteiger partial charge on any atom is 0.515 e. The van der Waals surface area contributed by atoms with Crippen LogP contribution in [-0.4, -0.2) is 18.4 Å². The van der Waals surface area contributed by atoms with Crippen molar-refractivity contribution in [2.24, 2.45) is 0 Å². The lowest BCUT2D eigenvalue weighted by atomic mass is 9.94. The molecule has 0 spiro atoms. The number of nitro benzene ring substituents is 1. The zero-order valence-electron chi connectivity index (χ0n) is 9.25. The molecule has 1 aromatic rings. The summed E-state index contributed by atoms with van der Waals surface area (Å²) in [5.74, 6) is -0.320. The Balaban J connectivity index is 3.09. The molecule has 0 radical (unpaired) electrons. The first-order valence-corrected chi connectivity index (χ1v) is 4.80. The zero-order valence-corrected chi connectivity index (χ0v) is 9.25. The van der Waals surface area contributed by atoms with E-state index < -0.39 is 24.1 Å². The fourth-order valence-electron chi connectivity index (χ4n) is 1.43. The van der Waals surface area contributed by atoms with Crippen LogP contribution in [0.4, 0.5) is 18.6 Å². The van der Waals surface area contributed by atoms with Crippen LogP contribution in [-0.2, 0) is 0 Å². The van der Waals surface area contributed by atoms with Crippen LogP contribution >= 0.6 is 0 Å². The van der Waals surface area contributed by atoms with Crippen molar-refractivity contribution in [3.05, 3.63) is 33.4 Å². The van der Waals surface area contributed by atoms with Crippen LogP contribution in [0, 0.1) is 24.0 Å². The standard InChI is InChI=1S/C9H10BF3NO3/c1-6-3-7(2)9(8(4-6)14(15)16)17-5-10(11,12)13/h3-4H,5H2,1-2H3/q-1. The molecule has 0 saturated carbocycles. The Morgan fingerprint density at radius 2 is 1.94 bits per heavy atom. The van der Waals surface area contributed by atoms with E-state index >= 15 is 0 Å². The molecular weight excluding hydrogens is 238 g/mol. The number of aryl methyl sites for hydroxylation is 2. The molecule has 0 amide bonds. The van der Waals surface area contributed by atoms with Crippen molar-refractivity contribution in [1.29, 1.82) is 0 Å². The number of nitro groups is 1. The van der Waals surface area contributed by atoms with Gasteiger partial charge in [0.15, 0.2) is 5.75 Å². The fraction of sp³-hybridized carbons (Fsp3) is 0.333. The van der Waals surface area contributed by atoms with Crippen molar-refractivity contribution in [1.82, 2.24) is 0 Å². The van der Waals surface area contributed by atoms with Crippen molar-refractivity contribution >= 4 is 12.7 Å². The molecule has 0 unspecified atom stereocenters. The van der Waals surface area contributed by atoms with Gasteiger partial charge in [-0.1, -0.05) is 6.07 Å². The largest absolute Gasteiger partial charge is 0.516 e. The SMILES string of the molecule is Cc1cc(C)c(OC[B-](F)(F)F)c([N+](=O)[O-])c1. The molecule has 0 aliphatic heterocycles. The minimum absolute atomic E-state index is 0.316. The van der Waals surface area contributed by atoms with Crippen LogP contribution < -0.4 is 4.74 Å². The second kappa shape index (κ2) is 4.64. The Morgan fingerprint density at radius 1 is 1.35 bits per heavy atom. The van der Waals surface area contributed by atoms with Gasteiger partial charge in [-0.05, 0) is 25.0 Å². The van der Waals surface area contributed by atoms with E-state index in [9.17, 15) is 23.1 Å². The first-order chi connectivity index (χ1) is 7.70. The van der Waals surface area contributed by atoms with Gasteiger partial charge in [-0.3, -0.25) is 10.1 Å². The summed E-state index contributed by atoms with van der Waals surface area (Å²) < 4.78 is 40.7. The Hall–Kier alpha value is -1.73. The highest BCUT2D eigenvalue weighted by Crippen LogP contribution is 2.32. The molecule has 0 fully saturated rings. The number of ether oxygens (including phenoxy) is 1. The normalized spacial score (nSPS) is 11.4. The second-order valence-corrected chi connectivity index (χ2v) is 3.71. The smallest absolute Gasteiger partial charge is 0.515 e. The predicted molar refractivity (Wildman–Crippen MR) is 57.1 cm³/mol. The van der Waals surface area contributed by atoms with Gasteiger partial charge >= 0.3 is 12.7 Å². The van der Waals surface area contributed by atoms with Crippen molar-refractivity contribution in [2.75, 3.05) is 6.51 Å². The van der Waals surface area contributed by atoms with E-state index in [1.807, 2.05) is 0 Å². The summed E-state index contributed by atoms with van der Waals surface area (Å²) in [5, 5.41) is 10.7. The molecule has 94 valence electrons. The molecule has 1 aromatic carbocycles. The molecule has 0 heterocycles. The third-order valence-electron chi connectivity index (χ3n) is 2.01. The van der Waals surface area contributed by atoms with Crippen LogP contribution in [0.25, 0.3) is 0 Å². The van der Waals surface area contributed by atoms with E-state index in [1.165, 1.54) is 19.1 Å². The molecule has 17 heavy (non-hydrogen) atoms. The Bertz CT molecular complexity index is 448. The maximum atomic E-state index is 12.1. The summed E-state index contributed by atoms with van der Waals surface area (Å²) in [6.45, 7) is -3.52. The molecule has 4 nitrogen and oxygen atoms in total. The quantitative estimate of drug-likeness (QED) is 0.467. The Labute approximate surface area is 95.6 Å². The van der Waals surface area contributed by atoms with Gasteiger partial charge in [0.05, 0.1) is 11.4 Å². The maximum absolute atomic E-state index is 12.1. The lowest BCUT2D eigenvalue weighted by Gasteiger charge is -2.16. The van der Waals surface area contributed by atoms with E-state index in [2.05, 4.69) is 4.74 Å². The van der Waals surface area contributed by atoms with Gasteiger partial charge in [0.25, 0.3) is 0 Å². The van der Waals surface area contributed by atoms with Gasteiger partial charge in [-0.25, -0.2) is 0 Å². The Morgan fingerprint density at radius 3 is 2.41 bits per heavy atom. The number of benzene rings is 1. The van der Waals surface area contributed by atoms with Crippen LogP contribution in [0.5, 0.6) is 5.75 Å². The molecule has 0 aliphatic carbocycles. The average Bonchev–Trinajstić information content (AvgIpc) is 2.13. The monoisotopic (exact) mass is 248 g/mol. The number of nitrogens with zero attached hydrogens (tertiary/aromatic N) is 1. The molecule has 8 heteroatoms. The molecule has 0 N–H and O–H groups in total. The second-order valence-electron chi connectivity index (χ2n) is 3.71. The van der Waals surface area contributed by atoms with Gasteiger partial charge < -0.3 is 17.7 Å². The summed E-state index contributed by atoms with van der Waals surface area (Å²) in [6.07, 6.45) is 0. The molecule has 0 aliphatic rings. The van der Waals surface area contributed by atoms with Crippen molar-refractivity contribution in [2.45, 2.75) is 13.8 Å². The molecular formula is C9H10BF3NO3-. The topological polar surface area (TPSA) is 52.4 Å². The minimum Gasteiger partial charge on any atom is -0.516 e. The highest BCUT2D eigenvalue weighted by atomic mass is 19.4. The lowest BCUT2D eigenvalue weighted by Crippen LogP contribution is -2.26. The Kier molecular flexibility index (Phi) is 3.64. The van der Waals surface area contributed by atoms with Crippen LogP contribution in [0.15, 0.2) is 12.1 Å². The first-order valence-electron chi connectivity index (χ1n) is 4.80. The van der Waals surface area contributed by atoms with E-state index in [-0.39, 0.29) is 5.75 Å². The lowest BCUT2D eigenvalue weighted by molar-refractivity contribution is -0.385. The first kappa shape index (κ1) is 13.3. The molecule has 0 saturated heterocycles. The highest BCUT2D eigenvalue weighted by Gasteiger charge is 2.27. The molecule has 0 aromatic heterocycles. The van der Waals surface area contributed by atoms with Crippen molar-refractivity contribution in [3.63, 3.8) is 0 Å². The van der Waals surface area contributed by atoms with E-state index in [4.69, 9.17) is 0 Å². The van der Waals surface area contributed by atoms with Crippen LogP contribution in [0.3, 0.4) is 0 Å². The fourth-order valence-corrected chi connectivity index (χ4v) is 1.43. The summed E-state index contributed by atoms with van der Waals surface area (Å²) in [7, 11) is 0. The van der Waals surface area contributed by atoms with Crippen molar-refractivity contribution in [3.8, 4) is 5.75 Å². The number of hydrogen-bond acceptors (Lipinski definition) is 3. The summed E-state index contributed by atoms with van der Waals surface area (Å²) in [5.41, 5.74) is 0.471. The van der Waals surface area contributed by atoms with Gasteiger partial charge in [-0.15, -0.1) is 0 Å². The number of hydrogen-bond donors (Lipinski definition) is 0. The summed E-state index contributed by atoms with van der Waals surface area (Å²) in [4.78, 5) is 9.95. The third-order valence-corrected chi connectivity index (χ3v) is 2.01. The van der Waals surface area contributed by atoms with Crippen LogP contribution in [0.1, 0.15) is 11.1 Å². The van der Waals surface area contributed by atoms with Gasteiger partial charge in [0.1, 0.15) is 0 Å². The molecule has 1 rings (SSSR count). The van der Waals surface area contributed by atoms with E-state index in [1.54, 1.807) is 6.92 Å². The molecule has 0 bridgehead atoms. The van der Waals surface area contributed by atoms with E-state index in [0.717, 1.165) is 0 Å². The van der Waals surface area contributed by atoms with E-state index in [0.29, 0.717) is 11.1 Å². The molecule has 0 atom stereocenters. The summed E-state index contributed by atoms with van der Waals surface area (Å²) >= 11 is 0. The third kappa shape index (κ3) is 3.65. The zero-order chi connectivity index (χ0) is 13.2. The van der Waals surface area contributed by atoms with Crippen molar-refractivity contribution < 1.29 is 22.6 Å². The average molecular weight is 248 g/mol. The van der Waals surface area contributed by atoms with Crippen LogP contribution in [0.2, 0.25) is 0 Å². The van der Waals surface area contributed by atoms with Gasteiger partial charge in [-0.2, -0.15) is 0 Å². The minimum atomic E-state index is -5.13. The predicted octanol–water partition coefficient (Wildman–Crippen LogP) is 2.98. The van der Waals surface area contributed by atoms with Gasteiger partial charge in [0, 0.05) is 6.07 Å². The van der Waals surface area contributed by atoms with Gasteiger partial charge in [0.2, 0.25) is 0 Å². The highest BCUT2D eigenvalue weighted by molar-refractivity contribution is 6.58.